The van der Waals surface area contributed by atoms with Crippen LogP contribution in [-0.4, -0.2) is 5.78 Å². The van der Waals surface area contributed by atoms with E-state index in [4.69, 9.17) is 0 Å². The number of carbonyl (C=O) groups is 1. The summed E-state index contributed by atoms with van der Waals surface area (Å²) in [6.07, 6.45) is 7.64. The van der Waals surface area contributed by atoms with Gasteiger partial charge >= 0.3 is 0 Å². The zero-order chi connectivity index (χ0) is 11.7. The van der Waals surface area contributed by atoms with Crippen LogP contribution in [0.15, 0.2) is 0 Å². The molecule has 0 fully saturated rings. The minimum atomic E-state index is 0.338. The van der Waals surface area contributed by atoms with Crippen molar-refractivity contribution in [3.8, 4) is 0 Å². The zero-order valence-corrected chi connectivity index (χ0v) is 11.0. The predicted molar refractivity (Wildman–Crippen MR) is 67.0 cm³/mol. The Morgan fingerprint density at radius 1 is 1.00 bits per heavy atom. The van der Waals surface area contributed by atoms with Crippen LogP contribution in [0.25, 0.3) is 0 Å². The second-order valence-electron chi connectivity index (χ2n) is 4.60. The van der Waals surface area contributed by atoms with Crippen LogP contribution in [0.3, 0.4) is 0 Å². The summed E-state index contributed by atoms with van der Waals surface area (Å²) in [7, 11) is 0. The van der Waals surface area contributed by atoms with E-state index >= 15 is 0 Å². The monoisotopic (exact) mass is 212 g/mol. The Labute approximate surface area is 95.6 Å². The van der Waals surface area contributed by atoms with Gasteiger partial charge in [0.05, 0.1) is 0 Å². The highest BCUT2D eigenvalue weighted by molar-refractivity contribution is 5.81. The smallest absolute Gasteiger partial charge is 0.136 e. The van der Waals surface area contributed by atoms with Gasteiger partial charge < -0.3 is 0 Å². The molecule has 90 valence electrons. The summed E-state index contributed by atoms with van der Waals surface area (Å²) in [6, 6.07) is 0. The third-order valence-corrected chi connectivity index (χ3v) is 3.50. The molecule has 1 atom stereocenters. The maximum Gasteiger partial charge on any atom is 0.136 e. The van der Waals surface area contributed by atoms with Crippen LogP contribution < -0.4 is 0 Å². The highest BCUT2D eigenvalue weighted by Crippen LogP contribution is 2.21. The summed E-state index contributed by atoms with van der Waals surface area (Å²) in [5.74, 6) is 1.47. The van der Waals surface area contributed by atoms with E-state index in [9.17, 15) is 4.79 Å². The topological polar surface area (TPSA) is 17.1 Å². The summed E-state index contributed by atoms with van der Waals surface area (Å²) < 4.78 is 0. The molecule has 0 rings (SSSR count). The molecule has 0 spiro atoms. The molecule has 0 aromatic heterocycles. The molecule has 0 radical (unpaired) electrons. The standard InChI is InChI=1S/C14H28O/c1-5-9-10-13(8-4)14(15)11-12(6-2)7-3/h12-13H,5-11H2,1-4H3. The fourth-order valence-corrected chi connectivity index (χ4v) is 2.07. The Hall–Kier alpha value is -0.330. The van der Waals surface area contributed by atoms with Crippen molar-refractivity contribution in [2.75, 3.05) is 0 Å². The summed E-state index contributed by atoms with van der Waals surface area (Å²) in [4.78, 5) is 12.0. The molecule has 0 aromatic carbocycles. The van der Waals surface area contributed by atoms with Crippen molar-refractivity contribution in [1.82, 2.24) is 0 Å². The number of carbonyl (C=O) groups excluding carboxylic acids is 1. The normalized spacial score (nSPS) is 13.1. The number of rotatable bonds is 9. The summed E-state index contributed by atoms with van der Waals surface area (Å²) in [6.45, 7) is 8.71. The first-order chi connectivity index (χ1) is 7.19. The molecule has 1 unspecified atom stereocenters. The number of Topliss-reactive ketones (excluding diaryl/α,β-unsaturated/α-hetero) is 1. The molecular formula is C14H28O. The van der Waals surface area contributed by atoms with E-state index in [1.807, 2.05) is 0 Å². The van der Waals surface area contributed by atoms with Gasteiger partial charge in [0.15, 0.2) is 0 Å². The first kappa shape index (κ1) is 14.7. The van der Waals surface area contributed by atoms with Gasteiger partial charge in [0, 0.05) is 12.3 Å². The number of hydrogen-bond donors (Lipinski definition) is 0. The maximum atomic E-state index is 12.0. The maximum absolute atomic E-state index is 12.0. The van der Waals surface area contributed by atoms with Gasteiger partial charge in [-0.15, -0.1) is 0 Å². The molecule has 0 amide bonds. The molecule has 0 aliphatic carbocycles. The van der Waals surface area contributed by atoms with Crippen molar-refractivity contribution in [3.63, 3.8) is 0 Å². The van der Waals surface area contributed by atoms with Gasteiger partial charge in [0.1, 0.15) is 5.78 Å². The van der Waals surface area contributed by atoms with Crippen molar-refractivity contribution in [1.29, 1.82) is 0 Å². The van der Waals surface area contributed by atoms with Crippen LogP contribution in [0.5, 0.6) is 0 Å². The van der Waals surface area contributed by atoms with Crippen LogP contribution in [-0.2, 0) is 4.79 Å². The fourth-order valence-electron chi connectivity index (χ4n) is 2.07. The molecule has 0 saturated carbocycles. The molecule has 0 aliphatic heterocycles. The van der Waals surface area contributed by atoms with Crippen molar-refractivity contribution in [2.45, 2.75) is 72.6 Å². The summed E-state index contributed by atoms with van der Waals surface area (Å²) >= 11 is 0. The molecular weight excluding hydrogens is 184 g/mol. The molecule has 0 aromatic rings. The molecule has 15 heavy (non-hydrogen) atoms. The minimum Gasteiger partial charge on any atom is -0.299 e. The molecule has 0 bridgehead atoms. The predicted octanol–water partition coefficient (Wildman–Crippen LogP) is 4.60. The lowest BCUT2D eigenvalue weighted by atomic mass is 9.87. The molecule has 0 aliphatic rings. The molecule has 0 saturated heterocycles. The number of unbranched alkanes of at least 4 members (excludes halogenated alkanes) is 1. The zero-order valence-electron chi connectivity index (χ0n) is 11.0. The van der Waals surface area contributed by atoms with Crippen molar-refractivity contribution in [3.05, 3.63) is 0 Å². The van der Waals surface area contributed by atoms with Gasteiger partial charge in [-0.05, 0) is 18.8 Å². The van der Waals surface area contributed by atoms with E-state index in [-0.39, 0.29) is 0 Å². The van der Waals surface area contributed by atoms with E-state index in [1.165, 1.54) is 12.8 Å². The second-order valence-corrected chi connectivity index (χ2v) is 4.60. The second kappa shape index (κ2) is 8.94. The highest BCUT2D eigenvalue weighted by atomic mass is 16.1. The van der Waals surface area contributed by atoms with Gasteiger partial charge in [0.25, 0.3) is 0 Å². The lowest BCUT2D eigenvalue weighted by Gasteiger charge is -2.17. The number of hydrogen-bond acceptors (Lipinski definition) is 1. The Balaban J connectivity index is 4.02. The largest absolute Gasteiger partial charge is 0.299 e. The van der Waals surface area contributed by atoms with Crippen molar-refractivity contribution in [2.24, 2.45) is 11.8 Å². The van der Waals surface area contributed by atoms with Crippen LogP contribution in [0.2, 0.25) is 0 Å². The van der Waals surface area contributed by atoms with E-state index in [2.05, 4.69) is 27.7 Å². The molecule has 0 heterocycles. The van der Waals surface area contributed by atoms with Gasteiger partial charge in [-0.1, -0.05) is 53.4 Å². The van der Waals surface area contributed by atoms with Crippen molar-refractivity contribution >= 4 is 5.78 Å². The van der Waals surface area contributed by atoms with E-state index in [1.54, 1.807) is 0 Å². The molecule has 1 heteroatoms. The lowest BCUT2D eigenvalue weighted by molar-refractivity contribution is -0.124. The van der Waals surface area contributed by atoms with Crippen LogP contribution >= 0.6 is 0 Å². The summed E-state index contributed by atoms with van der Waals surface area (Å²) in [5, 5.41) is 0. The van der Waals surface area contributed by atoms with E-state index in [0.717, 1.165) is 32.1 Å². The third-order valence-electron chi connectivity index (χ3n) is 3.50. The third kappa shape index (κ3) is 5.96. The first-order valence-corrected chi connectivity index (χ1v) is 6.72. The van der Waals surface area contributed by atoms with Gasteiger partial charge in [0.2, 0.25) is 0 Å². The fraction of sp³-hybridized carbons (Fsp3) is 0.929. The van der Waals surface area contributed by atoms with Crippen LogP contribution in [0.1, 0.15) is 72.6 Å². The van der Waals surface area contributed by atoms with E-state index < -0.39 is 0 Å². The van der Waals surface area contributed by atoms with Gasteiger partial charge in [-0.2, -0.15) is 0 Å². The Morgan fingerprint density at radius 2 is 1.60 bits per heavy atom. The van der Waals surface area contributed by atoms with Gasteiger partial charge in [-0.25, -0.2) is 0 Å². The molecule has 0 N–H and O–H groups in total. The highest BCUT2D eigenvalue weighted by Gasteiger charge is 2.18. The Bertz CT molecular complexity index is 159. The Morgan fingerprint density at radius 3 is 2.00 bits per heavy atom. The quantitative estimate of drug-likeness (QED) is 0.546. The van der Waals surface area contributed by atoms with Crippen molar-refractivity contribution < 1.29 is 4.79 Å². The van der Waals surface area contributed by atoms with Crippen LogP contribution in [0, 0.1) is 11.8 Å². The van der Waals surface area contributed by atoms with Crippen LogP contribution in [0.4, 0.5) is 0 Å². The minimum absolute atomic E-state index is 0.338. The lowest BCUT2D eigenvalue weighted by Crippen LogP contribution is -2.17. The average Bonchev–Trinajstić information content (AvgIpc) is 2.26. The Kier molecular flexibility index (Phi) is 8.74. The molecule has 1 nitrogen and oxygen atoms in total. The van der Waals surface area contributed by atoms with Gasteiger partial charge in [-0.3, -0.25) is 4.79 Å². The SMILES string of the molecule is CCCCC(CC)C(=O)CC(CC)CC. The first-order valence-electron chi connectivity index (χ1n) is 6.72. The van der Waals surface area contributed by atoms with E-state index in [0.29, 0.717) is 17.6 Å². The summed E-state index contributed by atoms with van der Waals surface area (Å²) in [5.41, 5.74) is 0. The number of ketones is 1. The average molecular weight is 212 g/mol.